The Bertz CT molecular complexity index is 2790. The third-order valence-electron chi connectivity index (χ3n) is 11.5. The van der Waals surface area contributed by atoms with Gasteiger partial charge < -0.3 is 9.32 Å². The number of anilines is 2. The summed E-state index contributed by atoms with van der Waals surface area (Å²) >= 11 is 0. The van der Waals surface area contributed by atoms with Gasteiger partial charge in [-0.2, -0.15) is 0 Å². The lowest BCUT2D eigenvalue weighted by Crippen LogP contribution is -2.16. The zero-order chi connectivity index (χ0) is 38.9. The Labute approximate surface area is 337 Å². The molecular formula is C55H49NO. The predicted molar refractivity (Wildman–Crippen MR) is 245 cm³/mol. The topological polar surface area (TPSA) is 16.4 Å². The molecule has 0 atom stereocenters. The number of benzene rings is 6. The van der Waals surface area contributed by atoms with Crippen molar-refractivity contribution in [1.82, 2.24) is 0 Å². The Kier molecular flexibility index (Phi) is 9.72. The van der Waals surface area contributed by atoms with Gasteiger partial charge in [-0.1, -0.05) is 167 Å². The van der Waals surface area contributed by atoms with E-state index < -0.39 is 0 Å². The van der Waals surface area contributed by atoms with Crippen molar-refractivity contribution in [1.29, 1.82) is 0 Å². The van der Waals surface area contributed by atoms with Crippen LogP contribution < -0.4 is 4.90 Å². The standard InChI is InChI=1S/C55H49NO/c1-38(56(44-35-33-41(34-36-44)39-20-8-5-9-21-39)45-27-17-26-43(37-45)40-22-10-6-11-23-40)19-16-32-50-52(55(2,3)4)48-29-15-14-28-47(48)51-49-31-18-30-46(53(49)57-54(50)51)42-24-12-7-13-25-42/h5-8,10-12,14-20,22-24,26-31,33-37H,1,9,13,21,25,32H2,2-4H3/b19-16-. The first-order valence-electron chi connectivity index (χ1n) is 20.4. The lowest BCUT2D eigenvalue weighted by molar-refractivity contribution is 0.586. The highest BCUT2D eigenvalue weighted by molar-refractivity contribution is 6.22. The highest BCUT2D eigenvalue weighted by Crippen LogP contribution is 2.46. The van der Waals surface area contributed by atoms with Gasteiger partial charge in [0.1, 0.15) is 11.2 Å². The van der Waals surface area contributed by atoms with Crippen LogP contribution >= 0.6 is 0 Å². The lowest BCUT2D eigenvalue weighted by atomic mass is 9.78. The van der Waals surface area contributed by atoms with Crippen LogP contribution in [-0.4, -0.2) is 0 Å². The van der Waals surface area contributed by atoms with Gasteiger partial charge in [0.2, 0.25) is 0 Å². The molecule has 57 heavy (non-hydrogen) atoms. The minimum atomic E-state index is -0.123. The highest BCUT2D eigenvalue weighted by atomic mass is 16.3. The summed E-state index contributed by atoms with van der Waals surface area (Å²) in [5, 5.41) is 4.91. The molecule has 0 unspecified atom stereocenters. The molecule has 0 saturated carbocycles. The van der Waals surface area contributed by atoms with Crippen molar-refractivity contribution in [2.45, 2.75) is 58.3 Å². The highest BCUT2D eigenvalue weighted by Gasteiger charge is 2.27. The van der Waals surface area contributed by atoms with Crippen LogP contribution in [0, 0.1) is 0 Å². The maximum absolute atomic E-state index is 7.13. The van der Waals surface area contributed by atoms with Crippen molar-refractivity contribution < 1.29 is 4.42 Å². The average Bonchev–Trinajstić information content (AvgIpc) is 3.65. The van der Waals surface area contributed by atoms with Crippen LogP contribution in [0.1, 0.15) is 68.7 Å². The molecule has 0 amide bonds. The summed E-state index contributed by atoms with van der Waals surface area (Å²) in [6.45, 7) is 11.7. The zero-order valence-corrected chi connectivity index (χ0v) is 33.3. The second kappa shape index (κ2) is 15.3. The summed E-state index contributed by atoms with van der Waals surface area (Å²) in [5.41, 5.74) is 15.0. The molecule has 0 radical (unpaired) electrons. The zero-order valence-electron chi connectivity index (χ0n) is 33.3. The largest absolute Gasteiger partial charge is 0.455 e. The van der Waals surface area contributed by atoms with E-state index in [1.165, 1.54) is 66.1 Å². The van der Waals surface area contributed by atoms with Gasteiger partial charge in [0.25, 0.3) is 0 Å². The van der Waals surface area contributed by atoms with Crippen molar-refractivity contribution in [2.24, 2.45) is 0 Å². The lowest BCUT2D eigenvalue weighted by Gasteiger charge is -2.27. The number of furan rings is 1. The smallest absolute Gasteiger partial charge is 0.142 e. The van der Waals surface area contributed by atoms with E-state index in [1.807, 2.05) is 0 Å². The number of para-hydroxylation sites is 1. The van der Waals surface area contributed by atoms with E-state index in [1.54, 1.807) is 0 Å². The Morgan fingerprint density at radius 2 is 1.32 bits per heavy atom. The first-order chi connectivity index (χ1) is 27.8. The summed E-state index contributed by atoms with van der Waals surface area (Å²) < 4.78 is 7.13. The molecule has 9 rings (SSSR count). The summed E-state index contributed by atoms with van der Waals surface area (Å²) in [4.78, 5) is 2.28. The number of rotatable bonds is 9. The minimum Gasteiger partial charge on any atom is -0.455 e. The first kappa shape index (κ1) is 36.3. The Hall–Kier alpha value is -6.38. The van der Waals surface area contributed by atoms with Gasteiger partial charge in [-0.25, -0.2) is 0 Å². The number of fused-ring (bicyclic) bond motifs is 5. The van der Waals surface area contributed by atoms with E-state index in [9.17, 15) is 0 Å². The maximum atomic E-state index is 7.13. The molecule has 2 aliphatic rings. The molecule has 0 saturated heterocycles. The molecule has 1 heterocycles. The van der Waals surface area contributed by atoms with Gasteiger partial charge in [0.05, 0.1) is 0 Å². The van der Waals surface area contributed by atoms with Crippen LogP contribution in [0.5, 0.6) is 0 Å². The van der Waals surface area contributed by atoms with E-state index in [4.69, 9.17) is 11.0 Å². The minimum absolute atomic E-state index is 0.123. The Morgan fingerprint density at radius 3 is 2.04 bits per heavy atom. The monoisotopic (exact) mass is 739 g/mol. The van der Waals surface area contributed by atoms with Crippen molar-refractivity contribution >= 4 is 55.2 Å². The van der Waals surface area contributed by atoms with Crippen LogP contribution in [0.3, 0.4) is 0 Å². The van der Waals surface area contributed by atoms with E-state index in [2.05, 4.69) is 196 Å². The third kappa shape index (κ3) is 7.02. The van der Waals surface area contributed by atoms with E-state index in [0.29, 0.717) is 6.42 Å². The fourth-order valence-electron chi connectivity index (χ4n) is 8.92. The second-order valence-corrected chi connectivity index (χ2v) is 16.4. The molecule has 0 bridgehead atoms. The fourth-order valence-corrected chi connectivity index (χ4v) is 8.92. The fraction of sp³-hybridized carbons (Fsp3) is 0.164. The van der Waals surface area contributed by atoms with E-state index in [-0.39, 0.29) is 5.41 Å². The summed E-state index contributed by atoms with van der Waals surface area (Å²) in [6, 6.07) is 43.9. The Morgan fingerprint density at radius 1 is 0.649 bits per heavy atom. The quantitative estimate of drug-likeness (QED) is 0.137. The molecule has 0 N–H and O–H groups in total. The normalized spacial score (nSPS) is 14.4. The van der Waals surface area contributed by atoms with Gasteiger partial charge in [0.15, 0.2) is 0 Å². The molecule has 1 aromatic heterocycles. The van der Waals surface area contributed by atoms with Crippen LogP contribution in [0.25, 0.3) is 55.0 Å². The molecule has 0 spiro atoms. The molecule has 2 nitrogen and oxygen atoms in total. The number of nitrogens with zero attached hydrogens (tertiary/aromatic N) is 1. The molecule has 6 aromatic carbocycles. The number of allylic oxidation sites excluding steroid dienone is 10. The van der Waals surface area contributed by atoms with Gasteiger partial charge >= 0.3 is 0 Å². The SMILES string of the molecule is C=C(/C=C\Cc1c(C(C)(C)C)c2ccccc2c2c1oc1c(C3=CC=CCC3)cccc12)N(c1ccc(C2=CC=CCC2)cc1)c1cccc(-c2ccccc2)c1. The van der Waals surface area contributed by atoms with Crippen LogP contribution in [0.15, 0.2) is 187 Å². The summed E-state index contributed by atoms with van der Waals surface area (Å²) in [5.74, 6) is 0. The average molecular weight is 740 g/mol. The van der Waals surface area contributed by atoms with Crippen molar-refractivity contribution in [2.75, 3.05) is 4.90 Å². The molecular weight excluding hydrogens is 691 g/mol. The first-order valence-corrected chi connectivity index (χ1v) is 20.4. The van der Waals surface area contributed by atoms with E-state index >= 15 is 0 Å². The Balaban J connectivity index is 1.15. The molecule has 0 fully saturated rings. The van der Waals surface area contributed by atoms with Crippen molar-refractivity contribution in [3.05, 3.63) is 204 Å². The van der Waals surface area contributed by atoms with Gasteiger partial charge in [-0.05, 0) is 112 Å². The molecule has 2 aliphatic carbocycles. The van der Waals surface area contributed by atoms with Crippen molar-refractivity contribution in [3.63, 3.8) is 0 Å². The van der Waals surface area contributed by atoms with Crippen LogP contribution in [-0.2, 0) is 11.8 Å². The predicted octanol–water partition coefficient (Wildman–Crippen LogP) is 15.6. The van der Waals surface area contributed by atoms with Crippen LogP contribution in [0.2, 0.25) is 0 Å². The molecule has 7 aromatic rings. The van der Waals surface area contributed by atoms with Gasteiger partial charge in [0, 0.05) is 39.0 Å². The van der Waals surface area contributed by atoms with Gasteiger partial charge in [-0.15, -0.1) is 0 Å². The maximum Gasteiger partial charge on any atom is 0.142 e. The third-order valence-corrected chi connectivity index (χ3v) is 11.5. The summed E-state index contributed by atoms with van der Waals surface area (Å²) in [7, 11) is 0. The second-order valence-electron chi connectivity index (χ2n) is 16.4. The molecule has 0 aliphatic heterocycles. The van der Waals surface area contributed by atoms with Crippen LogP contribution in [0.4, 0.5) is 11.4 Å². The van der Waals surface area contributed by atoms with Crippen molar-refractivity contribution in [3.8, 4) is 11.1 Å². The summed E-state index contributed by atoms with van der Waals surface area (Å²) in [6.07, 6.45) is 22.7. The van der Waals surface area contributed by atoms with E-state index in [0.717, 1.165) is 53.9 Å². The van der Waals surface area contributed by atoms with Gasteiger partial charge in [-0.3, -0.25) is 0 Å². The molecule has 280 valence electrons. The molecule has 2 heteroatoms. The number of hydrogen-bond acceptors (Lipinski definition) is 2. The number of hydrogen-bond donors (Lipinski definition) is 0.